The summed E-state index contributed by atoms with van der Waals surface area (Å²) in [5.41, 5.74) is 2.53. The third kappa shape index (κ3) is 4.83. The second-order valence-corrected chi connectivity index (χ2v) is 7.79. The van der Waals surface area contributed by atoms with Gasteiger partial charge >= 0.3 is 12.1 Å². The second-order valence-electron chi connectivity index (χ2n) is 7.79. The molecule has 1 saturated heterocycles. The van der Waals surface area contributed by atoms with Gasteiger partial charge in [0.25, 0.3) is 5.91 Å². The minimum absolute atomic E-state index is 0.218. The molecular weight excluding hydrogens is 424 g/mol. The van der Waals surface area contributed by atoms with Crippen molar-refractivity contribution >= 4 is 34.6 Å². The fraction of sp³-hybridized carbons (Fsp3) is 0.292. The number of piperazine rings is 1. The summed E-state index contributed by atoms with van der Waals surface area (Å²) in [6, 6.07) is 13.4. The monoisotopic (exact) mass is 450 g/mol. The predicted octanol–water partition coefficient (Wildman–Crippen LogP) is 3.32. The van der Waals surface area contributed by atoms with E-state index in [2.05, 4.69) is 10.3 Å². The first kappa shape index (κ1) is 22.3. The van der Waals surface area contributed by atoms with E-state index >= 15 is 0 Å². The number of carbonyl (C=O) groups excluding carboxylic acids is 2. The number of benzene rings is 2. The Hall–Kier alpha value is -3.85. The van der Waals surface area contributed by atoms with Crippen LogP contribution in [-0.2, 0) is 9.53 Å². The number of H-pyrrole nitrogens is 1. The minimum Gasteiger partial charge on any atom is -0.480 e. The van der Waals surface area contributed by atoms with Crippen molar-refractivity contribution in [2.24, 2.45) is 0 Å². The van der Waals surface area contributed by atoms with Gasteiger partial charge in [0.1, 0.15) is 6.04 Å². The molecule has 0 saturated carbocycles. The van der Waals surface area contributed by atoms with Gasteiger partial charge in [-0.05, 0) is 31.2 Å². The average Bonchev–Trinajstić information content (AvgIpc) is 3.23. The van der Waals surface area contributed by atoms with E-state index < -0.39 is 12.0 Å². The zero-order chi connectivity index (χ0) is 23.4. The van der Waals surface area contributed by atoms with E-state index in [4.69, 9.17) is 4.74 Å². The third-order valence-corrected chi connectivity index (χ3v) is 5.74. The molecule has 1 aliphatic heterocycles. The molecule has 33 heavy (non-hydrogen) atoms. The highest BCUT2D eigenvalue weighted by molar-refractivity contribution is 6.05. The number of aromatic amines is 1. The summed E-state index contributed by atoms with van der Waals surface area (Å²) in [6.07, 6.45) is 1.32. The van der Waals surface area contributed by atoms with Crippen LogP contribution < -0.4 is 5.32 Å². The summed E-state index contributed by atoms with van der Waals surface area (Å²) in [6.45, 7) is 3.71. The minimum atomic E-state index is -0.957. The van der Waals surface area contributed by atoms with Crippen molar-refractivity contribution in [1.82, 2.24) is 14.8 Å². The zero-order valence-corrected chi connectivity index (χ0v) is 18.3. The molecule has 1 aliphatic rings. The SMILES string of the molecule is CCOC(=O)N1CCN([C@H](C(=O)O)c2c[nH]c3cc(NC(=O)c4ccccc4)ccc23)CC1. The number of aromatic nitrogens is 1. The molecule has 0 unspecified atom stereocenters. The first-order valence-electron chi connectivity index (χ1n) is 10.8. The second kappa shape index (κ2) is 9.74. The van der Waals surface area contributed by atoms with Gasteiger partial charge in [-0.3, -0.25) is 14.5 Å². The van der Waals surface area contributed by atoms with Crippen molar-refractivity contribution in [2.45, 2.75) is 13.0 Å². The molecule has 3 N–H and O–H groups in total. The van der Waals surface area contributed by atoms with Gasteiger partial charge in [-0.15, -0.1) is 0 Å². The fourth-order valence-corrected chi connectivity index (χ4v) is 4.11. The maximum atomic E-state index is 12.4. The summed E-state index contributed by atoms with van der Waals surface area (Å²) in [5.74, 6) is -1.17. The number of carbonyl (C=O) groups is 3. The van der Waals surface area contributed by atoms with Crippen molar-refractivity contribution in [3.05, 3.63) is 65.9 Å². The quantitative estimate of drug-likeness (QED) is 0.531. The Kier molecular flexibility index (Phi) is 6.60. The number of carboxylic acid groups (broad SMARTS) is 1. The highest BCUT2D eigenvalue weighted by Gasteiger charge is 2.33. The number of rotatable bonds is 6. The Morgan fingerprint density at radius 1 is 1.09 bits per heavy atom. The number of ether oxygens (including phenoxy) is 1. The van der Waals surface area contributed by atoms with Crippen molar-refractivity contribution in [2.75, 3.05) is 38.1 Å². The van der Waals surface area contributed by atoms with Gasteiger partial charge in [0.15, 0.2) is 0 Å². The molecule has 9 heteroatoms. The van der Waals surface area contributed by atoms with E-state index in [1.165, 1.54) is 0 Å². The molecule has 0 bridgehead atoms. The summed E-state index contributed by atoms with van der Waals surface area (Å²) >= 11 is 0. The molecular formula is C24H26N4O5. The molecule has 4 rings (SSSR count). The Balaban J connectivity index is 1.51. The van der Waals surface area contributed by atoms with Crippen LogP contribution in [0.1, 0.15) is 28.9 Å². The van der Waals surface area contributed by atoms with Crippen LogP contribution in [0.5, 0.6) is 0 Å². The largest absolute Gasteiger partial charge is 0.480 e. The highest BCUT2D eigenvalue weighted by Crippen LogP contribution is 2.31. The zero-order valence-electron chi connectivity index (χ0n) is 18.3. The summed E-state index contributed by atoms with van der Waals surface area (Å²) in [5, 5.41) is 13.6. The lowest BCUT2D eigenvalue weighted by atomic mass is 10.0. The summed E-state index contributed by atoms with van der Waals surface area (Å²) in [7, 11) is 0. The molecule has 172 valence electrons. The van der Waals surface area contributed by atoms with Crippen LogP contribution in [0.25, 0.3) is 10.9 Å². The van der Waals surface area contributed by atoms with Crippen molar-refractivity contribution in [3.8, 4) is 0 Å². The molecule has 1 atom stereocenters. The molecule has 2 amide bonds. The number of amides is 2. The Labute approximate surface area is 190 Å². The number of carboxylic acids is 1. The van der Waals surface area contributed by atoms with E-state index in [0.29, 0.717) is 49.6 Å². The number of anilines is 1. The average molecular weight is 450 g/mol. The number of fused-ring (bicyclic) bond motifs is 1. The van der Waals surface area contributed by atoms with E-state index in [1.807, 2.05) is 17.0 Å². The Morgan fingerprint density at radius 2 is 1.82 bits per heavy atom. The maximum Gasteiger partial charge on any atom is 0.409 e. The van der Waals surface area contributed by atoms with E-state index in [0.717, 1.165) is 10.9 Å². The lowest BCUT2D eigenvalue weighted by Gasteiger charge is -2.37. The number of hydrogen-bond donors (Lipinski definition) is 3. The smallest absolute Gasteiger partial charge is 0.409 e. The molecule has 1 aromatic heterocycles. The van der Waals surface area contributed by atoms with E-state index in [9.17, 15) is 19.5 Å². The Morgan fingerprint density at radius 3 is 2.48 bits per heavy atom. The van der Waals surface area contributed by atoms with Gasteiger partial charge in [-0.1, -0.05) is 24.3 Å². The number of nitrogens with one attached hydrogen (secondary N) is 2. The molecule has 0 spiro atoms. The maximum absolute atomic E-state index is 12.4. The molecule has 0 radical (unpaired) electrons. The lowest BCUT2D eigenvalue weighted by Crippen LogP contribution is -2.51. The lowest BCUT2D eigenvalue weighted by molar-refractivity contribution is -0.144. The van der Waals surface area contributed by atoms with Crippen molar-refractivity contribution in [3.63, 3.8) is 0 Å². The number of aliphatic carboxylic acids is 1. The third-order valence-electron chi connectivity index (χ3n) is 5.74. The van der Waals surface area contributed by atoms with Crippen LogP contribution in [0.2, 0.25) is 0 Å². The van der Waals surface area contributed by atoms with Crippen molar-refractivity contribution in [1.29, 1.82) is 0 Å². The molecule has 2 aromatic carbocycles. The van der Waals surface area contributed by atoms with Gasteiger partial charge < -0.3 is 25.0 Å². The van der Waals surface area contributed by atoms with Gasteiger partial charge in [0.2, 0.25) is 0 Å². The molecule has 2 heterocycles. The molecule has 0 aliphatic carbocycles. The van der Waals surface area contributed by atoms with Crippen LogP contribution in [0.15, 0.2) is 54.7 Å². The molecule has 9 nitrogen and oxygen atoms in total. The first-order chi connectivity index (χ1) is 16.0. The first-order valence-corrected chi connectivity index (χ1v) is 10.8. The van der Waals surface area contributed by atoms with E-state index in [1.54, 1.807) is 54.4 Å². The number of nitrogens with zero attached hydrogens (tertiary/aromatic N) is 2. The standard InChI is InChI=1S/C24H26N4O5/c1-2-33-24(32)28-12-10-27(11-13-28)21(23(30)31)19-15-25-20-14-17(8-9-18(19)20)26-22(29)16-6-4-3-5-7-16/h3-9,14-15,21,25H,2,10-13H2,1H3,(H,26,29)(H,30,31)/t21-/m0/s1. The van der Waals surface area contributed by atoms with Gasteiger partial charge in [0.05, 0.1) is 6.61 Å². The van der Waals surface area contributed by atoms with Gasteiger partial charge in [0, 0.05) is 60.1 Å². The van der Waals surface area contributed by atoms with E-state index in [-0.39, 0.29) is 12.0 Å². The summed E-state index contributed by atoms with van der Waals surface area (Å²) < 4.78 is 5.04. The predicted molar refractivity (Wildman–Crippen MR) is 123 cm³/mol. The summed E-state index contributed by atoms with van der Waals surface area (Å²) in [4.78, 5) is 43.2. The fourth-order valence-electron chi connectivity index (χ4n) is 4.11. The van der Waals surface area contributed by atoms with Gasteiger partial charge in [-0.25, -0.2) is 4.79 Å². The molecule has 1 fully saturated rings. The van der Waals surface area contributed by atoms with Crippen LogP contribution in [0, 0.1) is 0 Å². The van der Waals surface area contributed by atoms with Crippen LogP contribution >= 0.6 is 0 Å². The van der Waals surface area contributed by atoms with Crippen LogP contribution in [0.3, 0.4) is 0 Å². The molecule has 3 aromatic rings. The Bertz CT molecular complexity index is 1150. The normalized spacial score (nSPS) is 15.2. The van der Waals surface area contributed by atoms with Crippen LogP contribution in [0.4, 0.5) is 10.5 Å². The van der Waals surface area contributed by atoms with Crippen LogP contribution in [-0.4, -0.2) is 70.6 Å². The topological polar surface area (TPSA) is 115 Å². The highest BCUT2D eigenvalue weighted by atomic mass is 16.6. The van der Waals surface area contributed by atoms with Gasteiger partial charge in [-0.2, -0.15) is 0 Å². The number of hydrogen-bond acceptors (Lipinski definition) is 5. The van der Waals surface area contributed by atoms with Crippen molar-refractivity contribution < 1.29 is 24.2 Å².